The maximum absolute atomic E-state index is 7.23. The minimum Gasteiger partial charge on any atom is -0.382 e. The molecule has 3 N–H and O–H groups in total. The minimum atomic E-state index is 0.00588. The summed E-state index contributed by atoms with van der Waals surface area (Å²) < 4.78 is 0. The molecule has 0 aromatic carbocycles. The topological polar surface area (TPSA) is 66.0 Å². The highest BCUT2D eigenvalue weighted by Crippen LogP contribution is 2.11. The van der Waals surface area contributed by atoms with Crippen molar-refractivity contribution in [1.29, 1.82) is 5.41 Å². The van der Waals surface area contributed by atoms with E-state index in [1.165, 1.54) is 0 Å². The van der Waals surface area contributed by atoms with Crippen LogP contribution in [0.4, 0.5) is 5.69 Å². The summed E-state index contributed by atoms with van der Waals surface area (Å²) in [7, 11) is 1.99. The Bertz CT molecular complexity index is 308. The van der Waals surface area contributed by atoms with Gasteiger partial charge < -0.3 is 10.6 Å². The predicted molar refractivity (Wildman–Crippen MR) is 54.2 cm³/mol. The van der Waals surface area contributed by atoms with E-state index in [2.05, 4.69) is 16.8 Å². The Hall–Kier alpha value is -1.58. The van der Waals surface area contributed by atoms with Crippen LogP contribution < -0.4 is 10.6 Å². The molecule has 70 valence electrons. The standard InChI is InChI=1S/C9H14N4/c1-3-13(2)7-4-5-12-8(6-7)9(10)11/h4-6H,3H2,1-2H3,(H3,10,11). The number of hydrogen-bond acceptors (Lipinski definition) is 3. The van der Waals surface area contributed by atoms with Crippen molar-refractivity contribution in [3.05, 3.63) is 24.0 Å². The first-order valence-electron chi connectivity index (χ1n) is 4.16. The van der Waals surface area contributed by atoms with Gasteiger partial charge in [0, 0.05) is 25.5 Å². The van der Waals surface area contributed by atoms with E-state index < -0.39 is 0 Å². The number of nitrogen functional groups attached to an aromatic ring is 1. The largest absolute Gasteiger partial charge is 0.382 e. The van der Waals surface area contributed by atoms with Crippen LogP contribution in [0.3, 0.4) is 0 Å². The molecule has 0 radical (unpaired) electrons. The molecule has 0 unspecified atom stereocenters. The fourth-order valence-electron chi connectivity index (χ4n) is 0.987. The molecule has 1 aromatic heterocycles. The quantitative estimate of drug-likeness (QED) is 0.532. The molecule has 0 atom stereocenters. The summed E-state index contributed by atoms with van der Waals surface area (Å²) >= 11 is 0. The van der Waals surface area contributed by atoms with Gasteiger partial charge in [0.05, 0.1) is 0 Å². The van der Waals surface area contributed by atoms with E-state index in [9.17, 15) is 0 Å². The normalized spacial score (nSPS) is 9.69. The van der Waals surface area contributed by atoms with Crippen molar-refractivity contribution < 1.29 is 0 Å². The molecule has 0 saturated heterocycles. The molecule has 1 aromatic rings. The fraction of sp³-hybridized carbons (Fsp3) is 0.333. The van der Waals surface area contributed by atoms with Crippen molar-refractivity contribution in [2.45, 2.75) is 6.92 Å². The first-order chi connectivity index (χ1) is 6.15. The predicted octanol–water partition coefficient (Wildman–Crippen LogP) is 0.822. The lowest BCUT2D eigenvalue weighted by atomic mass is 10.3. The number of nitrogens with one attached hydrogen (secondary N) is 1. The molecule has 0 bridgehead atoms. The molecule has 0 amide bonds. The van der Waals surface area contributed by atoms with E-state index in [-0.39, 0.29) is 5.84 Å². The van der Waals surface area contributed by atoms with Gasteiger partial charge in [-0.1, -0.05) is 0 Å². The Balaban J connectivity index is 2.98. The van der Waals surface area contributed by atoms with E-state index in [1.54, 1.807) is 6.20 Å². The highest BCUT2D eigenvalue weighted by Gasteiger charge is 2.02. The van der Waals surface area contributed by atoms with Gasteiger partial charge in [0.1, 0.15) is 11.5 Å². The number of pyridine rings is 1. The number of aromatic nitrogens is 1. The Morgan fingerprint density at radius 3 is 2.92 bits per heavy atom. The number of nitrogens with two attached hydrogens (primary N) is 1. The Kier molecular flexibility index (Phi) is 2.84. The highest BCUT2D eigenvalue weighted by atomic mass is 15.1. The minimum absolute atomic E-state index is 0.00588. The molecule has 1 rings (SSSR count). The number of rotatable bonds is 3. The second-order valence-corrected chi connectivity index (χ2v) is 2.83. The maximum atomic E-state index is 7.23. The van der Waals surface area contributed by atoms with Crippen molar-refractivity contribution >= 4 is 11.5 Å². The van der Waals surface area contributed by atoms with Crippen molar-refractivity contribution in [3.8, 4) is 0 Å². The monoisotopic (exact) mass is 178 g/mol. The van der Waals surface area contributed by atoms with Gasteiger partial charge in [0.25, 0.3) is 0 Å². The molecule has 1 heterocycles. The van der Waals surface area contributed by atoms with Gasteiger partial charge in [-0.25, -0.2) is 0 Å². The van der Waals surface area contributed by atoms with Crippen LogP contribution in [0.25, 0.3) is 0 Å². The Morgan fingerprint density at radius 1 is 1.69 bits per heavy atom. The number of amidine groups is 1. The van der Waals surface area contributed by atoms with Crippen LogP contribution in [-0.4, -0.2) is 24.4 Å². The fourth-order valence-corrected chi connectivity index (χ4v) is 0.987. The molecule has 4 heteroatoms. The van der Waals surface area contributed by atoms with Crippen LogP contribution in [0.15, 0.2) is 18.3 Å². The molecule has 0 aliphatic rings. The molecule has 4 nitrogen and oxygen atoms in total. The van der Waals surface area contributed by atoms with Gasteiger partial charge >= 0.3 is 0 Å². The molecule has 0 spiro atoms. The highest BCUT2D eigenvalue weighted by molar-refractivity contribution is 5.93. The Labute approximate surface area is 77.9 Å². The first kappa shape index (κ1) is 9.51. The van der Waals surface area contributed by atoms with Gasteiger partial charge in [-0.15, -0.1) is 0 Å². The molecule has 13 heavy (non-hydrogen) atoms. The SMILES string of the molecule is CCN(C)c1ccnc(C(=N)N)c1. The molecular weight excluding hydrogens is 164 g/mol. The molecule has 0 aliphatic carbocycles. The second-order valence-electron chi connectivity index (χ2n) is 2.83. The maximum Gasteiger partial charge on any atom is 0.141 e. The lowest BCUT2D eigenvalue weighted by Gasteiger charge is -2.16. The third-order valence-corrected chi connectivity index (χ3v) is 1.93. The van der Waals surface area contributed by atoms with Crippen LogP contribution in [0, 0.1) is 5.41 Å². The Morgan fingerprint density at radius 2 is 2.38 bits per heavy atom. The summed E-state index contributed by atoms with van der Waals surface area (Å²) in [6.45, 7) is 2.98. The van der Waals surface area contributed by atoms with Crippen LogP contribution in [-0.2, 0) is 0 Å². The van der Waals surface area contributed by atoms with Gasteiger partial charge in [-0.3, -0.25) is 10.4 Å². The average molecular weight is 178 g/mol. The third kappa shape index (κ3) is 2.18. The molecule has 0 saturated carbocycles. The third-order valence-electron chi connectivity index (χ3n) is 1.93. The van der Waals surface area contributed by atoms with E-state index in [0.717, 1.165) is 12.2 Å². The zero-order valence-corrected chi connectivity index (χ0v) is 7.91. The van der Waals surface area contributed by atoms with Crippen LogP contribution in [0.5, 0.6) is 0 Å². The summed E-state index contributed by atoms with van der Waals surface area (Å²) in [5, 5.41) is 7.23. The van der Waals surface area contributed by atoms with E-state index in [1.807, 2.05) is 19.2 Å². The molecule has 0 fully saturated rings. The van der Waals surface area contributed by atoms with Gasteiger partial charge in [0.15, 0.2) is 0 Å². The van der Waals surface area contributed by atoms with Crippen molar-refractivity contribution in [2.75, 3.05) is 18.5 Å². The van der Waals surface area contributed by atoms with Crippen LogP contribution >= 0.6 is 0 Å². The number of nitrogens with zero attached hydrogens (tertiary/aromatic N) is 2. The zero-order valence-electron chi connectivity index (χ0n) is 7.91. The summed E-state index contributed by atoms with van der Waals surface area (Å²) in [6, 6.07) is 3.71. The average Bonchev–Trinajstić information content (AvgIpc) is 2.17. The smallest absolute Gasteiger partial charge is 0.141 e. The van der Waals surface area contributed by atoms with E-state index in [4.69, 9.17) is 11.1 Å². The van der Waals surface area contributed by atoms with Crippen molar-refractivity contribution in [3.63, 3.8) is 0 Å². The van der Waals surface area contributed by atoms with Crippen LogP contribution in [0.2, 0.25) is 0 Å². The summed E-state index contributed by atoms with van der Waals surface area (Å²) in [4.78, 5) is 6.04. The van der Waals surface area contributed by atoms with Crippen molar-refractivity contribution in [1.82, 2.24) is 4.98 Å². The molecular formula is C9H14N4. The zero-order chi connectivity index (χ0) is 9.84. The number of anilines is 1. The first-order valence-corrected chi connectivity index (χ1v) is 4.16. The van der Waals surface area contributed by atoms with Crippen molar-refractivity contribution in [2.24, 2.45) is 5.73 Å². The van der Waals surface area contributed by atoms with Crippen LogP contribution in [0.1, 0.15) is 12.6 Å². The summed E-state index contributed by atoms with van der Waals surface area (Å²) in [5.41, 5.74) is 6.88. The number of hydrogen-bond donors (Lipinski definition) is 2. The van der Waals surface area contributed by atoms with E-state index >= 15 is 0 Å². The second kappa shape index (κ2) is 3.89. The van der Waals surface area contributed by atoms with Gasteiger partial charge in [-0.05, 0) is 19.1 Å². The van der Waals surface area contributed by atoms with Gasteiger partial charge in [-0.2, -0.15) is 0 Å². The summed E-state index contributed by atoms with van der Waals surface area (Å²) in [5.74, 6) is 0.00588. The summed E-state index contributed by atoms with van der Waals surface area (Å²) in [6.07, 6.45) is 1.66. The molecule has 0 aliphatic heterocycles. The van der Waals surface area contributed by atoms with E-state index in [0.29, 0.717) is 5.69 Å². The van der Waals surface area contributed by atoms with Gasteiger partial charge in [0.2, 0.25) is 0 Å². The lowest BCUT2D eigenvalue weighted by molar-refractivity contribution is 0.964. The lowest BCUT2D eigenvalue weighted by Crippen LogP contribution is -2.18.